The van der Waals surface area contributed by atoms with Crippen molar-refractivity contribution in [3.63, 3.8) is 0 Å². The van der Waals surface area contributed by atoms with Crippen LogP contribution in [0.4, 0.5) is 22.0 Å². The SMILES string of the molecule is CCC(C)(C)C(=O)Oc1ccc(OCC(=O)OC(C)C(F)(F)F)cc1.CCC(C)C(=O)OCc1ccc2cc(OCC(=O)OCC(C)(F)F)ccc2c1. The van der Waals surface area contributed by atoms with Crippen molar-refractivity contribution >= 4 is 34.6 Å². The highest BCUT2D eigenvalue weighted by Crippen LogP contribution is 2.26. The highest BCUT2D eigenvalue weighted by molar-refractivity contribution is 5.85. The van der Waals surface area contributed by atoms with E-state index >= 15 is 0 Å². The molecule has 3 aromatic carbocycles. The lowest BCUT2D eigenvalue weighted by molar-refractivity contribution is -0.217. The maximum Gasteiger partial charge on any atom is 0.425 e. The first-order chi connectivity index (χ1) is 24.6. The number of hydrogen-bond acceptors (Lipinski definition) is 10. The monoisotopic (exact) mass is 756 g/mol. The molecule has 0 aromatic heterocycles. The van der Waals surface area contributed by atoms with E-state index < -0.39 is 55.4 Å². The Bertz CT molecular complexity index is 1670. The minimum Gasteiger partial charge on any atom is -0.482 e. The number of esters is 4. The lowest BCUT2D eigenvalue weighted by Gasteiger charge is -2.20. The van der Waals surface area contributed by atoms with E-state index in [1.807, 2.05) is 39.0 Å². The molecule has 53 heavy (non-hydrogen) atoms. The summed E-state index contributed by atoms with van der Waals surface area (Å²) in [5, 5.41) is 1.78. The maximum atomic E-state index is 12.7. The number of halogens is 5. The van der Waals surface area contributed by atoms with Crippen LogP contribution in [0.15, 0.2) is 60.7 Å². The van der Waals surface area contributed by atoms with Gasteiger partial charge in [0.25, 0.3) is 5.92 Å². The summed E-state index contributed by atoms with van der Waals surface area (Å²) >= 11 is 0. The summed E-state index contributed by atoms with van der Waals surface area (Å²) in [6.07, 6.45) is -5.47. The van der Waals surface area contributed by atoms with Gasteiger partial charge in [0.1, 0.15) is 23.9 Å². The summed E-state index contributed by atoms with van der Waals surface area (Å²) in [7, 11) is 0. The number of hydrogen-bond donors (Lipinski definition) is 0. The van der Waals surface area contributed by atoms with Crippen LogP contribution in [0.25, 0.3) is 10.8 Å². The van der Waals surface area contributed by atoms with Gasteiger partial charge in [0.05, 0.1) is 11.3 Å². The van der Waals surface area contributed by atoms with Crippen molar-refractivity contribution in [1.82, 2.24) is 0 Å². The van der Waals surface area contributed by atoms with Crippen LogP contribution in [0, 0.1) is 11.3 Å². The normalized spacial score (nSPS) is 12.8. The molecule has 0 heterocycles. The zero-order valence-corrected chi connectivity index (χ0v) is 30.6. The number of rotatable bonds is 16. The first kappa shape index (κ1) is 44.2. The van der Waals surface area contributed by atoms with Crippen molar-refractivity contribution in [2.24, 2.45) is 11.3 Å². The van der Waals surface area contributed by atoms with Gasteiger partial charge in [0.2, 0.25) is 0 Å². The molecule has 10 nitrogen and oxygen atoms in total. The summed E-state index contributed by atoms with van der Waals surface area (Å²) in [5.74, 6) is -4.85. The highest BCUT2D eigenvalue weighted by Gasteiger charge is 2.39. The Labute approximate surface area is 304 Å². The van der Waals surface area contributed by atoms with Gasteiger partial charge in [-0.3, -0.25) is 9.59 Å². The van der Waals surface area contributed by atoms with Gasteiger partial charge in [-0.15, -0.1) is 0 Å². The minimum atomic E-state index is -4.62. The Morgan fingerprint density at radius 1 is 0.698 bits per heavy atom. The fourth-order valence-corrected chi connectivity index (χ4v) is 3.74. The van der Waals surface area contributed by atoms with Crippen LogP contribution >= 0.6 is 0 Å². The van der Waals surface area contributed by atoms with E-state index in [-0.39, 0.29) is 30.2 Å². The zero-order valence-electron chi connectivity index (χ0n) is 30.6. The van der Waals surface area contributed by atoms with Crippen molar-refractivity contribution in [3.8, 4) is 17.2 Å². The Balaban J connectivity index is 0.000000370. The topological polar surface area (TPSA) is 124 Å². The van der Waals surface area contributed by atoms with Gasteiger partial charge in [-0.05, 0) is 92.4 Å². The van der Waals surface area contributed by atoms with Crippen LogP contribution in [-0.2, 0) is 40.0 Å². The second kappa shape index (κ2) is 19.8. The predicted molar refractivity (Wildman–Crippen MR) is 184 cm³/mol. The molecule has 2 atom stereocenters. The van der Waals surface area contributed by atoms with E-state index in [0.29, 0.717) is 24.8 Å². The minimum absolute atomic E-state index is 0.129. The van der Waals surface area contributed by atoms with Gasteiger partial charge in [-0.2, -0.15) is 13.2 Å². The first-order valence-electron chi connectivity index (χ1n) is 16.7. The van der Waals surface area contributed by atoms with Crippen molar-refractivity contribution in [3.05, 3.63) is 66.2 Å². The lowest BCUT2D eigenvalue weighted by atomic mass is 9.91. The quantitative estimate of drug-likeness (QED) is 0.0609. The number of carbonyl (C=O) groups excluding carboxylic acids is 4. The Kier molecular flexibility index (Phi) is 16.5. The van der Waals surface area contributed by atoms with E-state index in [9.17, 15) is 41.1 Å². The van der Waals surface area contributed by atoms with Gasteiger partial charge >= 0.3 is 30.1 Å². The lowest BCUT2D eigenvalue weighted by Crippen LogP contribution is -2.32. The molecule has 0 N–H and O–H groups in total. The number of ether oxygens (including phenoxy) is 6. The number of alkyl halides is 5. The van der Waals surface area contributed by atoms with Crippen LogP contribution in [0.2, 0.25) is 0 Å². The smallest absolute Gasteiger partial charge is 0.425 e. The van der Waals surface area contributed by atoms with E-state index in [4.69, 9.17) is 18.9 Å². The zero-order chi connectivity index (χ0) is 40.0. The van der Waals surface area contributed by atoms with Gasteiger partial charge < -0.3 is 28.4 Å². The molecule has 0 saturated heterocycles. The van der Waals surface area contributed by atoms with Gasteiger partial charge in [-0.1, -0.05) is 39.0 Å². The second-order valence-electron chi connectivity index (χ2n) is 12.8. The van der Waals surface area contributed by atoms with Crippen LogP contribution in [0.3, 0.4) is 0 Å². The first-order valence-corrected chi connectivity index (χ1v) is 16.7. The van der Waals surface area contributed by atoms with Gasteiger partial charge in [0.15, 0.2) is 25.9 Å². The molecule has 0 bridgehead atoms. The Morgan fingerprint density at radius 3 is 1.83 bits per heavy atom. The third-order valence-electron chi connectivity index (χ3n) is 7.71. The highest BCUT2D eigenvalue weighted by atomic mass is 19.4. The van der Waals surface area contributed by atoms with Crippen molar-refractivity contribution in [2.75, 3.05) is 19.8 Å². The molecule has 0 spiro atoms. The molecule has 3 rings (SSSR count). The molecular formula is C38H45F5O10. The summed E-state index contributed by atoms with van der Waals surface area (Å²) in [6.45, 7) is 8.67. The molecule has 0 aliphatic carbocycles. The summed E-state index contributed by atoms with van der Waals surface area (Å²) in [6, 6.07) is 16.6. The third-order valence-corrected chi connectivity index (χ3v) is 7.71. The van der Waals surface area contributed by atoms with Gasteiger partial charge in [0, 0.05) is 6.92 Å². The van der Waals surface area contributed by atoms with E-state index in [1.165, 1.54) is 24.3 Å². The Morgan fingerprint density at radius 2 is 1.25 bits per heavy atom. The van der Waals surface area contributed by atoms with Gasteiger partial charge in [-0.25, -0.2) is 18.4 Å². The molecule has 15 heteroatoms. The van der Waals surface area contributed by atoms with Crippen LogP contribution < -0.4 is 14.2 Å². The van der Waals surface area contributed by atoms with E-state index in [2.05, 4.69) is 9.47 Å². The van der Waals surface area contributed by atoms with Crippen molar-refractivity contribution in [1.29, 1.82) is 0 Å². The third kappa shape index (κ3) is 16.1. The average molecular weight is 757 g/mol. The second-order valence-corrected chi connectivity index (χ2v) is 12.8. The maximum absolute atomic E-state index is 12.7. The number of fused-ring (bicyclic) bond motifs is 1. The molecule has 0 amide bonds. The van der Waals surface area contributed by atoms with Crippen LogP contribution in [0.5, 0.6) is 17.2 Å². The largest absolute Gasteiger partial charge is 0.482 e. The standard InChI is InChI=1S/C21H24F2O5.C17H21F3O5/c1-4-14(2)20(25)27-11-15-5-6-17-10-18(8-7-16(17)9-15)26-12-19(24)28-13-21(3,22)23;1-5-16(3,4)15(22)25-13-8-6-12(7-9-13)23-10-14(21)24-11(2)17(18,19)20/h5-10,14H,4,11-13H2,1-3H3;6-9,11H,5,10H2,1-4H3. The fourth-order valence-electron chi connectivity index (χ4n) is 3.74. The average Bonchev–Trinajstić information content (AvgIpc) is 3.10. The summed E-state index contributed by atoms with van der Waals surface area (Å²) in [5.41, 5.74) is 0.246. The van der Waals surface area contributed by atoms with Crippen LogP contribution in [0.1, 0.15) is 66.9 Å². The molecule has 0 aliphatic heterocycles. The number of carbonyl (C=O) groups is 4. The number of benzene rings is 3. The molecule has 0 aliphatic rings. The molecule has 0 saturated carbocycles. The molecule has 3 aromatic rings. The van der Waals surface area contributed by atoms with E-state index in [0.717, 1.165) is 29.7 Å². The van der Waals surface area contributed by atoms with Crippen LogP contribution in [-0.4, -0.2) is 61.9 Å². The predicted octanol–water partition coefficient (Wildman–Crippen LogP) is 8.41. The van der Waals surface area contributed by atoms with E-state index in [1.54, 1.807) is 32.0 Å². The fraction of sp³-hybridized carbons (Fsp3) is 0.474. The summed E-state index contributed by atoms with van der Waals surface area (Å²) in [4.78, 5) is 46.5. The van der Waals surface area contributed by atoms with Crippen molar-refractivity contribution < 1.29 is 69.6 Å². The van der Waals surface area contributed by atoms with Crippen molar-refractivity contribution in [2.45, 2.75) is 86.1 Å². The molecule has 0 fully saturated rings. The molecule has 292 valence electrons. The summed E-state index contributed by atoms with van der Waals surface area (Å²) < 4.78 is 91.7. The Hall–Kier alpha value is -4.95. The molecule has 0 radical (unpaired) electrons. The molecule has 2 unspecified atom stereocenters. The molecular weight excluding hydrogens is 711 g/mol.